The fourth-order valence-corrected chi connectivity index (χ4v) is 1.66. The van der Waals surface area contributed by atoms with Crippen LogP contribution < -0.4 is 4.74 Å². The first-order valence-electron chi connectivity index (χ1n) is 5.54. The maximum absolute atomic E-state index is 10.7. The van der Waals surface area contributed by atoms with Gasteiger partial charge in [-0.1, -0.05) is 17.7 Å². The number of aromatic nitrogens is 2. The van der Waals surface area contributed by atoms with Gasteiger partial charge < -0.3 is 9.84 Å². The molecule has 0 saturated carbocycles. The molecule has 0 atom stereocenters. The van der Waals surface area contributed by atoms with E-state index in [0.717, 1.165) is 11.3 Å². The lowest BCUT2D eigenvalue weighted by Crippen LogP contribution is -1.97. The van der Waals surface area contributed by atoms with Crippen LogP contribution in [0.5, 0.6) is 5.75 Å². The van der Waals surface area contributed by atoms with Gasteiger partial charge in [-0.05, 0) is 31.5 Å². The molecular weight excluding hydrogens is 232 g/mol. The summed E-state index contributed by atoms with van der Waals surface area (Å²) in [6.07, 6.45) is 0. The van der Waals surface area contributed by atoms with Crippen LogP contribution in [-0.2, 0) is 6.61 Å². The number of aromatic amines is 1. The van der Waals surface area contributed by atoms with Crippen LogP contribution in [-0.4, -0.2) is 21.3 Å². The molecule has 1 aromatic carbocycles. The Morgan fingerprint density at radius 1 is 1.39 bits per heavy atom. The number of rotatable bonds is 4. The minimum Gasteiger partial charge on any atom is -0.487 e. The van der Waals surface area contributed by atoms with Crippen molar-refractivity contribution in [3.05, 3.63) is 46.8 Å². The summed E-state index contributed by atoms with van der Waals surface area (Å²) in [5.74, 6) is -0.268. The molecule has 1 aromatic heterocycles. The van der Waals surface area contributed by atoms with Crippen molar-refractivity contribution >= 4 is 5.97 Å². The van der Waals surface area contributed by atoms with E-state index in [1.165, 1.54) is 11.6 Å². The number of ether oxygens (including phenoxy) is 1. The highest BCUT2D eigenvalue weighted by atomic mass is 16.5. The molecule has 0 aliphatic rings. The number of carbonyl (C=O) groups is 1. The average molecular weight is 246 g/mol. The first-order chi connectivity index (χ1) is 8.56. The monoisotopic (exact) mass is 246 g/mol. The third-order valence-corrected chi connectivity index (χ3v) is 2.56. The van der Waals surface area contributed by atoms with Gasteiger partial charge in [0.2, 0.25) is 0 Å². The van der Waals surface area contributed by atoms with Crippen molar-refractivity contribution in [3.8, 4) is 5.75 Å². The van der Waals surface area contributed by atoms with Gasteiger partial charge >= 0.3 is 5.97 Å². The topological polar surface area (TPSA) is 75.2 Å². The van der Waals surface area contributed by atoms with Gasteiger partial charge in [-0.2, -0.15) is 5.10 Å². The fraction of sp³-hybridized carbons (Fsp3) is 0.231. The lowest BCUT2D eigenvalue weighted by Gasteiger charge is -2.08. The van der Waals surface area contributed by atoms with E-state index < -0.39 is 5.97 Å². The second kappa shape index (κ2) is 4.91. The molecule has 0 unspecified atom stereocenters. The quantitative estimate of drug-likeness (QED) is 0.868. The summed E-state index contributed by atoms with van der Waals surface area (Å²) in [7, 11) is 0. The number of benzene rings is 1. The Morgan fingerprint density at radius 3 is 2.78 bits per heavy atom. The Morgan fingerprint density at radius 2 is 2.17 bits per heavy atom. The minimum absolute atomic E-state index is 0.00534. The molecule has 94 valence electrons. The Bertz CT molecular complexity index is 575. The third-order valence-electron chi connectivity index (χ3n) is 2.56. The Labute approximate surface area is 104 Å². The van der Waals surface area contributed by atoms with Crippen LogP contribution in [0.3, 0.4) is 0 Å². The number of hydrogen-bond donors (Lipinski definition) is 2. The van der Waals surface area contributed by atoms with E-state index >= 15 is 0 Å². The second-order valence-corrected chi connectivity index (χ2v) is 4.14. The van der Waals surface area contributed by atoms with Crippen LogP contribution in [0.4, 0.5) is 0 Å². The summed E-state index contributed by atoms with van der Waals surface area (Å²) in [6.45, 7) is 4.26. The number of nitrogens with one attached hydrogen (secondary N) is 1. The highest BCUT2D eigenvalue weighted by Gasteiger charge is 2.08. The molecule has 0 amide bonds. The molecule has 0 saturated heterocycles. The lowest BCUT2D eigenvalue weighted by molar-refractivity contribution is 0.0690. The number of aryl methyl sites for hydroxylation is 2. The molecule has 5 heteroatoms. The predicted octanol–water partition coefficient (Wildman–Crippen LogP) is 2.30. The van der Waals surface area contributed by atoms with E-state index in [4.69, 9.17) is 9.84 Å². The zero-order valence-electron chi connectivity index (χ0n) is 10.2. The summed E-state index contributed by atoms with van der Waals surface area (Å²) in [6, 6.07) is 7.37. The third kappa shape index (κ3) is 2.68. The smallest absolute Gasteiger partial charge is 0.356 e. The van der Waals surface area contributed by atoms with E-state index in [-0.39, 0.29) is 12.3 Å². The Kier molecular flexibility index (Phi) is 3.32. The highest BCUT2D eigenvalue weighted by molar-refractivity contribution is 5.85. The fourth-order valence-electron chi connectivity index (χ4n) is 1.66. The molecular formula is C13H14N2O3. The highest BCUT2D eigenvalue weighted by Crippen LogP contribution is 2.19. The van der Waals surface area contributed by atoms with Gasteiger partial charge in [0.05, 0.1) is 5.69 Å². The maximum Gasteiger partial charge on any atom is 0.356 e. The first kappa shape index (κ1) is 12.2. The van der Waals surface area contributed by atoms with E-state index in [2.05, 4.69) is 10.2 Å². The van der Waals surface area contributed by atoms with Crippen molar-refractivity contribution in [2.45, 2.75) is 20.5 Å². The zero-order valence-corrected chi connectivity index (χ0v) is 10.2. The standard InChI is InChI=1S/C13H14N2O3/c1-8-3-4-12(9(2)5-8)18-7-10-6-11(13(16)17)15-14-10/h3-6H,7H2,1-2H3,(H,14,15)(H,16,17). The molecule has 2 rings (SSSR count). The van der Waals surface area contributed by atoms with Gasteiger partial charge in [-0.3, -0.25) is 5.10 Å². The average Bonchev–Trinajstić information content (AvgIpc) is 2.76. The lowest BCUT2D eigenvalue weighted by atomic mass is 10.1. The number of carboxylic acid groups (broad SMARTS) is 1. The van der Waals surface area contributed by atoms with Crippen molar-refractivity contribution in [3.63, 3.8) is 0 Å². The number of nitrogens with zero attached hydrogens (tertiary/aromatic N) is 1. The van der Waals surface area contributed by atoms with Gasteiger partial charge in [-0.25, -0.2) is 4.79 Å². The first-order valence-corrected chi connectivity index (χ1v) is 5.54. The van der Waals surface area contributed by atoms with Gasteiger partial charge in [-0.15, -0.1) is 0 Å². The van der Waals surface area contributed by atoms with Gasteiger partial charge in [0.15, 0.2) is 5.69 Å². The normalized spacial score (nSPS) is 10.3. The maximum atomic E-state index is 10.7. The molecule has 0 bridgehead atoms. The second-order valence-electron chi connectivity index (χ2n) is 4.14. The molecule has 18 heavy (non-hydrogen) atoms. The van der Waals surface area contributed by atoms with Gasteiger partial charge in [0, 0.05) is 0 Å². The van der Waals surface area contributed by atoms with Crippen LogP contribution in [0.25, 0.3) is 0 Å². The molecule has 0 fully saturated rings. The largest absolute Gasteiger partial charge is 0.487 e. The van der Waals surface area contributed by atoms with Crippen LogP contribution in [0, 0.1) is 13.8 Å². The molecule has 0 aliphatic heterocycles. The summed E-state index contributed by atoms with van der Waals surface area (Å²) >= 11 is 0. The molecule has 0 radical (unpaired) electrons. The van der Waals surface area contributed by atoms with Crippen molar-refractivity contribution in [1.29, 1.82) is 0 Å². The number of aromatic carboxylic acids is 1. The summed E-state index contributed by atoms with van der Waals surface area (Å²) < 4.78 is 5.61. The summed E-state index contributed by atoms with van der Waals surface area (Å²) in [5, 5.41) is 15.0. The number of carboxylic acids is 1. The molecule has 1 heterocycles. The Hall–Kier alpha value is -2.30. The minimum atomic E-state index is -1.05. The molecule has 2 aromatic rings. The summed E-state index contributed by atoms with van der Waals surface area (Å²) in [5.41, 5.74) is 2.85. The van der Waals surface area contributed by atoms with Crippen molar-refractivity contribution in [2.75, 3.05) is 0 Å². The van der Waals surface area contributed by atoms with Crippen LogP contribution in [0.1, 0.15) is 27.3 Å². The van der Waals surface area contributed by atoms with Crippen molar-refractivity contribution in [1.82, 2.24) is 10.2 Å². The van der Waals surface area contributed by atoms with E-state index in [1.54, 1.807) is 0 Å². The van der Waals surface area contributed by atoms with Gasteiger partial charge in [0.1, 0.15) is 12.4 Å². The van der Waals surface area contributed by atoms with E-state index in [0.29, 0.717) is 5.69 Å². The molecule has 5 nitrogen and oxygen atoms in total. The van der Waals surface area contributed by atoms with Crippen LogP contribution in [0.2, 0.25) is 0 Å². The number of H-pyrrole nitrogens is 1. The summed E-state index contributed by atoms with van der Waals surface area (Å²) in [4.78, 5) is 10.7. The van der Waals surface area contributed by atoms with Gasteiger partial charge in [0.25, 0.3) is 0 Å². The van der Waals surface area contributed by atoms with Crippen molar-refractivity contribution in [2.24, 2.45) is 0 Å². The van der Waals surface area contributed by atoms with E-state index in [1.807, 2.05) is 32.0 Å². The predicted molar refractivity (Wildman–Crippen MR) is 65.8 cm³/mol. The van der Waals surface area contributed by atoms with Crippen LogP contribution >= 0.6 is 0 Å². The zero-order chi connectivity index (χ0) is 13.1. The van der Waals surface area contributed by atoms with E-state index in [9.17, 15) is 4.79 Å². The van der Waals surface area contributed by atoms with Crippen LogP contribution in [0.15, 0.2) is 24.3 Å². The molecule has 0 spiro atoms. The van der Waals surface area contributed by atoms with Crippen molar-refractivity contribution < 1.29 is 14.6 Å². The number of hydrogen-bond acceptors (Lipinski definition) is 3. The molecule has 2 N–H and O–H groups in total. The SMILES string of the molecule is Cc1ccc(OCc2cc(C(=O)O)n[nH]2)c(C)c1. The Balaban J connectivity index is 2.04. The molecule has 0 aliphatic carbocycles.